The van der Waals surface area contributed by atoms with Gasteiger partial charge in [0.1, 0.15) is 11.3 Å². The molecule has 0 aliphatic carbocycles. The van der Waals surface area contributed by atoms with E-state index in [9.17, 15) is 22.8 Å². The maximum Gasteiger partial charge on any atom is 0.418 e. The van der Waals surface area contributed by atoms with Gasteiger partial charge in [0.05, 0.1) is 17.7 Å². The van der Waals surface area contributed by atoms with Gasteiger partial charge in [0.15, 0.2) is 11.5 Å². The number of amides is 3. The van der Waals surface area contributed by atoms with Crippen LogP contribution in [0.4, 0.5) is 18.0 Å². The van der Waals surface area contributed by atoms with Crippen molar-refractivity contribution >= 4 is 47.6 Å². The number of unbranched alkanes of at least 4 members (excludes halogenated alkanes) is 3. The number of hydrogen-bond donors (Lipinski definition) is 1. The molecule has 1 aromatic heterocycles. The number of carbonyl (C=O) groups excluding carboxylic acids is 2. The van der Waals surface area contributed by atoms with Gasteiger partial charge in [-0.15, -0.1) is 0 Å². The van der Waals surface area contributed by atoms with Gasteiger partial charge in [-0.1, -0.05) is 57.9 Å². The summed E-state index contributed by atoms with van der Waals surface area (Å²) in [6, 6.07) is 8.79. The van der Waals surface area contributed by atoms with E-state index in [0.29, 0.717) is 54.1 Å². The predicted octanol–water partition coefficient (Wildman–Crippen LogP) is 7.16. The fourth-order valence-corrected chi connectivity index (χ4v) is 7.19. The largest absolute Gasteiger partial charge is 0.493 e. The summed E-state index contributed by atoms with van der Waals surface area (Å²) in [5.41, 5.74) is 0.339. The molecule has 8 nitrogen and oxygen atoms in total. The Hall–Kier alpha value is -3.94. The number of benzene rings is 2. The molecule has 0 saturated carbocycles. The summed E-state index contributed by atoms with van der Waals surface area (Å²) in [6.07, 6.45) is 4.25. The van der Waals surface area contributed by atoms with Crippen LogP contribution in [0.15, 0.2) is 64.4 Å². The number of nitrogens with zero attached hydrogens (tertiary/aromatic N) is 2. The van der Waals surface area contributed by atoms with E-state index >= 15 is 0 Å². The molecule has 1 fully saturated rings. The number of allylic oxidation sites excluding steroid dienone is 3. The molecule has 0 radical (unpaired) electrons. The Morgan fingerprint density at radius 1 is 1.09 bits per heavy atom. The number of alkyl halides is 3. The summed E-state index contributed by atoms with van der Waals surface area (Å²) in [5.74, 6) is 1.23. The lowest BCUT2D eigenvalue weighted by Crippen LogP contribution is -2.41. The van der Waals surface area contributed by atoms with Crippen molar-refractivity contribution in [2.75, 3.05) is 19.9 Å². The first-order chi connectivity index (χ1) is 21.6. The molecule has 3 amide bonds. The lowest BCUT2D eigenvalue weighted by atomic mass is 9.91. The first-order valence-corrected chi connectivity index (χ1v) is 17.1. The minimum Gasteiger partial charge on any atom is -0.493 e. The Morgan fingerprint density at radius 2 is 1.91 bits per heavy atom. The molecular weight excluding hydrogens is 702 g/mol. The summed E-state index contributed by atoms with van der Waals surface area (Å²) >= 11 is -0.182. The molecule has 6 rings (SSSR count). The molecule has 3 aromatic rings. The number of para-hydroxylation sites is 1. The van der Waals surface area contributed by atoms with Crippen LogP contribution in [-0.2, 0) is 22.9 Å². The number of carbonyl (C=O) groups is 2. The van der Waals surface area contributed by atoms with E-state index in [1.165, 1.54) is 17.2 Å². The molecule has 1 saturated heterocycles. The average molecular weight is 734 g/mol. The molecule has 2 aromatic carbocycles. The summed E-state index contributed by atoms with van der Waals surface area (Å²) in [7, 11) is 0. The minimum absolute atomic E-state index is 0.113. The number of aromatic nitrogens is 1. The molecule has 3 aliphatic heterocycles. The molecule has 1 N–H and O–H groups in total. The normalized spacial score (nSPS) is 19.1. The summed E-state index contributed by atoms with van der Waals surface area (Å²) in [6.45, 7) is 2.37. The van der Waals surface area contributed by atoms with Crippen LogP contribution in [0.3, 0.4) is 0 Å². The number of nitrogens with one attached hydrogen (secondary N) is 1. The number of rotatable bonds is 11. The molecule has 1 unspecified atom stereocenters. The molecule has 4 heterocycles. The van der Waals surface area contributed by atoms with Crippen molar-refractivity contribution in [2.24, 2.45) is 0 Å². The molecule has 12 heteroatoms. The fraction of sp³-hybridized carbons (Fsp3) is 0.333. The Balaban J connectivity index is 1.06. The number of imide groups is 1. The van der Waals surface area contributed by atoms with E-state index in [4.69, 9.17) is 14.2 Å². The van der Waals surface area contributed by atoms with Gasteiger partial charge in [-0.2, -0.15) is 13.2 Å². The van der Waals surface area contributed by atoms with Crippen molar-refractivity contribution < 1.29 is 37.0 Å². The van der Waals surface area contributed by atoms with Crippen LogP contribution in [0.5, 0.6) is 17.2 Å². The second-order valence-electron chi connectivity index (χ2n) is 11.1. The molecule has 0 bridgehead atoms. The monoisotopic (exact) mass is 733 g/mol. The van der Waals surface area contributed by atoms with Crippen molar-refractivity contribution in [3.05, 3.63) is 81.1 Å². The van der Waals surface area contributed by atoms with Gasteiger partial charge >= 0.3 is 12.2 Å². The second-order valence-corrected chi connectivity index (χ2v) is 13.2. The Bertz CT molecular complexity index is 1740. The second kappa shape index (κ2) is 12.8. The third-order valence-corrected chi connectivity index (χ3v) is 10.0. The lowest BCUT2D eigenvalue weighted by molar-refractivity contribution is -0.136. The molecule has 45 heavy (non-hydrogen) atoms. The summed E-state index contributed by atoms with van der Waals surface area (Å²) < 4.78 is 62.5. The number of halogens is 4. The molecule has 236 valence electrons. The van der Waals surface area contributed by atoms with Crippen LogP contribution in [-0.4, -0.2) is 45.8 Å². The number of pyridine rings is 1. The summed E-state index contributed by atoms with van der Waals surface area (Å²) in [5, 5.41) is 3.16. The van der Waals surface area contributed by atoms with Gasteiger partial charge in [0.2, 0.25) is 6.79 Å². The zero-order chi connectivity index (χ0) is 31.6. The third kappa shape index (κ3) is 6.42. The first-order valence-electron chi connectivity index (χ1n) is 14.6. The number of urea groups is 1. The maximum absolute atomic E-state index is 13.7. The molecule has 0 spiro atoms. The average Bonchev–Trinajstić information content (AvgIpc) is 3.58. The van der Waals surface area contributed by atoms with Gasteiger partial charge in [-0.25, -0.2) is 4.79 Å². The van der Waals surface area contributed by atoms with Crippen molar-refractivity contribution in [2.45, 2.75) is 50.7 Å². The van der Waals surface area contributed by atoms with Crippen LogP contribution < -0.4 is 19.5 Å². The van der Waals surface area contributed by atoms with Crippen LogP contribution in [0, 0.1) is 0 Å². The Morgan fingerprint density at radius 3 is 2.71 bits per heavy atom. The van der Waals surface area contributed by atoms with Crippen molar-refractivity contribution in [1.82, 2.24) is 15.2 Å². The maximum atomic E-state index is 13.7. The van der Waals surface area contributed by atoms with Crippen molar-refractivity contribution in [3.8, 4) is 17.2 Å². The van der Waals surface area contributed by atoms with Gasteiger partial charge < -0.3 is 19.5 Å². The highest BCUT2D eigenvalue weighted by atomic mass is 127. The topological polar surface area (TPSA) is 90.0 Å². The van der Waals surface area contributed by atoms with Crippen molar-refractivity contribution in [1.29, 1.82) is 0 Å². The minimum atomic E-state index is -4.53. The van der Waals surface area contributed by atoms with E-state index < -0.39 is 23.3 Å². The number of fused-ring (bicyclic) bond motifs is 2. The zero-order valence-electron chi connectivity index (χ0n) is 24.5. The van der Waals surface area contributed by atoms with Gasteiger partial charge in [-0.05, 0) is 63.3 Å². The highest BCUT2D eigenvalue weighted by Crippen LogP contribution is 2.40. The van der Waals surface area contributed by atoms with Crippen LogP contribution in [0.2, 0.25) is 0 Å². The van der Waals surface area contributed by atoms with E-state index in [-0.39, 0.29) is 45.5 Å². The number of ether oxygens (including phenoxy) is 3. The highest BCUT2D eigenvalue weighted by molar-refractivity contribution is 14.2. The van der Waals surface area contributed by atoms with Gasteiger partial charge in [-0.3, -0.25) is 14.7 Å². The summed E-state index contributed by atoms with van der Waals surface area (Å²) in [4.78, 5) is 31.5. The number of hydrogen-bond acceptors (Lipinski definition) is 6. The highest BCUT2D eigenvalue weighted by Gasteiger charge is 2.49. The zero-order valence-corrected chi connectivity index (χ0v) is 26.6. The van der Waals surface area contributed by atoms with Gasteiger partial charge in [0, 0.05) is 30.1 Å². The predicted molar refractivity (Wildman–Crippen MR) is 172 cm³/mol. The molecule has 1 atom stereocenters. The van der Waals surface area contributed by atoms with Crippen LogP contribution in [0.25, 0.3) is 10.9 Å². The van der Waals surface area contributed by atoms with Gasteiger partial charge in [0.25, 0.3) is 5.91 Å². The SMILES string of the molecule is CC1(c2ccc3c(c2)OCO3)NC(=O)N(CCCCCCOc2c(CC3=CI=CC=C3)cnc3c(C(F)(F)F)cccc23)C1=O. The van der Waals surface area contributed by atoms with E-state index in [1.54, 1.807) is 31.2 Å². The van der Waals surface area contributed by atoms with E-state index in [2.05, 4.69) is 18.4 Å². The van der Waals surface area contributed by atoms with Crippen LogP contribution >= 0.6 is 20.7 Å². The molecule has 3 aliphatic rings. The smallest absolute Gasteiger partial charge is 0.418 e. The molecular formula is C33H31F3IN3O5. The van der Waals surface area contributed by atoms with Crippen molar-refractivity contribution in [3.63, 3.8) is 0 Å². The first kappa shape index (κ1) is 31.1. The standard InChI is InChI=1S/C33H31F3IN3O5/c1-32(23-11-12-26-27(17-23)45-20-44-26)30(41)40(31(42)39-32)14-4-2-3-5-15-43-29-22(16-21-8-7-13-37-18-21)19-38-28-24(29)9-6-10-25(28)33(34,35)36/h6-13,17-19H,2-5,14-16,20H2,1H3,(H,39,42). The fourth-order valence-electron chi connectivity index (χ4n) is 5.64. The van der Waals surface area contributed by atoms with Crippen LogP contribution in [0.1, 0.15) is 49.3 Å². The Labute approximate surface area is 268 Å². The Kier molecular flexibility index (Phi) is 8.85. The van der Waals surface area contributed by atoms with E-state index in [0.717, 1.165) is 30.0 Å². The van der Waals surface area contributed by atoms with E-state index in [1.807, 2.05) is 12.2 Å². The lowest BCUT2D eigenvalue weighted by Gasteiger charge is -2.22. The quantitative estimate of drug-likeness (QED) is 0.128. The third-order valence-electron chi connectivity index (χ3n) is 8.03.